The molecule has 0 atom stereocenters. The Hall–Kier alpha value is -1.43. The van der Waals surface area contributed by atoms with E-state index in [0.29, 0.717) is 17.7 Å². The van der Waals surface area contributed by atoms with Crippen LogP contribution in [0.2, 0.25) is 0 Å². The number of hydrogen-bond acceptors (Lipinski definition) is 4. The van der Waals surface area contributed by atoms with E-state index in [-0.39, 0.29) is 5.91 Å². The maximum atomic E-state index is 12.9. The van der Waals surface area contributed by atoms with Crippen molar-refractivity contribution < 1.29 is 4.79 Å². The van der Waals surface area contributed by atoms with E-state index in [1.54, 1.807) is 0 Å². The fourth-order valence-corrected chi connectivity index (χ4v) is 4.01. The number of nitrogens with one attached hydrogen (secondary N) is 1. The Morgan fingerprint density at radius 1 is 1.25 bits per heavy atom. The summed E-state index contributed by atoms with van der Waals surface area (Å²) in [6.45, 7) is 5.85. The molecule has 1 aromatic heterocycles. The van der Waals surface area contributed by atoms with E-state index in [0.717, 1.165) is 45.4 Å². The van der Waals surface area contributed by atoms with Crippen LogP contribution in [0.5, 0.6) is 0 Å². The summed E-state index contributed by atoms with van der Waals surface area (Å²) in [7, 11) is 0. The predicted molar refractivity (Wildman–Crippen MR) is 93.9 cm³/mol. The highest BCUT2D eigenvalue weighted by Crippen LogP contribution is 2.25. The van der Waals surface area contributed by atoms with Crippen molar-refractivity contribution in [3.05, 3.63) is 11.9 Å². The van der Waals surface area contributed by atoms with Crippen molar-refractivity contribution in [1.29, 1.82) is 0 Å². The summed E-state index contributed by atoms with van der Waals surface area (Å²) >= 11 is 0. The van der Waals surface area contributed by atoms with Gasteiger partial charge in [0.15, 0.2) is 5.69 Å². The first-order valence-electron chi connectivity index (χ1n) is 9.69. The smallest absolute Gasteiger partial charge is 0.276 e. The van der Waals surface area contributed by atoms with Crippen LogP contribution >= 0.6 is 0 Å². The SMILES string of the molecule is CCCN(CC1CCCCC1)C(=O)c1cn(C2CCNCC2)nn1. The maximum Gasteiger partial charge on any atom is 0.276 e. The zero-order valence-corrected chi connectivity index (χ0v) is 14.9. The Balaban J connectivity index is 1.64. The molecule has 0 radical (unpaired) electrons. The van der Waals surface area contributed by atoms with Crippen molar-refractivity contribution in [2.75, 3.05) is 26.2 Å². The van der Waals surface area contributed by atoms with Crippen LogP contribution in [0.3, 0.4) is 0 Å². The Morgan fingerprint density at radius 2 is 2.00 bits per heavy atom. The van der Waals surface area contributed by atoms with Gasteiger partial charge in [-0.1, -0.05) is 31.4 Å². The molecule has 1 aliphatic carbocycles. The Bertz CT molecular complexity index is 517. The highest BCUT2D eigenvalue weighted by atomic mass is 16.2. The molecule has 2 heterocycles. The summed E-state index contributed by atoms with van der Waals surface area (Å²) in [5.41, 5.74) is 0.512. The van der Waals surface area contributed by atoms with Gasteiger partial charge in [0.2, 0.25) is 0 Å². The second kappa shape index (κ2) is 8.60. The molecule has 0 aromatic carbocycles. The molecule has 0 spiro atoms. The molecule has 1 aromatic rings. The van der Waals surface area contributed by atoms with Crippen molar-refractivity contribution in [2.45, 2.75) is 64.3 Å². The lowest BCUT2D eigenvalue weighted by Crippen LogP contribution is -2.37. The van der Waals surface area contributed by atoms with E-state index >= 15 is 0 Å². The first-order chi connectivity index (χ1) is 11.8. The molecule has 6 nitrogen and oxygen atoms in total. The Morgan fingerprint density at radius 3 is 2.71 bits per heavy atom. The topological polar surface area (TPSA) is 63.1 Å². The number of carbonyl (C=O) groups is 1. The van der Waals surface area contributed by atoms with Crippen LogP contribution in [0.25, 0.3) is 0 Å². The first kappa shape index (κ1) is 17.4. The molecule has 1 aliphatic heterocycles. The van der Waals surface area contributed by atoms with E-state index in [2.05, 4.69) is 22.6 Å². The summed E-state index contributed by atoms with van der Waals surface area (Å²) in [6, 6.07) is 0.373. The quantitative estimate of drug-likeness (QED) is 0.869. The van der Waals surface area contributed by atoms with Crippen molar-refractivity contribution in [3.63, 3.8) is 0 Å². The molecule has 2 fully saturated rings. The number of carbonyl (C=O) groups excluding carboxylic acids is 1. The van der Waals surface area contributed by atoms with Gasteiger partial charge in [-0.3, -0.25) is 4.79 Å². The molecule has 1 saturated heterocycles. The maximum absolute atomic E-state index is 12.9. The molecule has 1 saturated carbocycles. The van der Waals surface area contributed by atoms with Gasteiger partial charge in [-0.05, 0) is 51.1 Å². The summed E-state index contributed by atoms with van der Waals surface area (Å²) in [4.78, 5) is 14.9. The molecule has 3 rings (SSSR count). The second-order valence-corrected chi connectivity index (χ2v) is 7.32. The van der Waals surface area contributed by atoms with E-state index < -0.39 is 0 Å². The summed E-state index contributed by atoms with van der Waals surface area (Å²) in [5.74, 6) is 0.719. The van der Waals surface area contributed by atoms with Crippen LogP contribution in [0.4, 0.5) is 0 Å². The van der Waals surface area contributed by atoms with Gasteiger partial charge in [-0.15, -0.1) is 5.10 Å². The van der Waals surface area contributed by atoms with Crippen molar-refractivity contribution in [2.24, 2.45) is 5.92 Å². The zero-order valence-electron chi connectivity index (χ0n) is 14.9. The molecule has 1 amide bonds. The summed E-state index contributed by atoms with van der Waals surface area (Å²) in [5, 5.41) is 11.8. The molecular formula is C18H31N5O. The first-order valence-corrected chi connectivity index (χ1v) is 9.69. The molecule has 0 bridgehead atoms. The lowest BCUT2D eigenvalue weighted by Gasteiger charge is -2.29. The fraction of sp³-hybridized carbons (Fsp3) is 0.833. The molecule has 24 heavy (non-hydrogen) atoms. The van der Waals surface area contributed by atoms with Gasteiger partial charge in [0, 0.05) is 13.1 Å². The van der Waals surface area contributed by atoms with Gasteiger partial charge in [0.05, 0.1) is 12.2 Å². The van der Waals surface area contributed by atoms with Gasteiger partial charge in [-0.25, -0.2) is 4.68 Å². The van der Waals surface area contributed by atoms with E-state index in [1.807, 2.05) is 15.8 Å². The Kier molecular flexibility index (Phi) is 6.24. The van der Waals surface area contributed by atoms with Crippen LogP contribution in [-0.4, -0.2) is 52.0 Å². The van der Waals surface area contributed by atoms with Gasteiger partial charge >= 0.3 is 0 Å². The zero-order chi connectivity index (χ0) is 16.8. The summed E-state index contributed by atoms with van der Waals surface area (Å²) < 4.78 is 1.90. The lowest BCUT2D eigenvalue weighted by atomic mass is 9.89. The minimum absolute atomic E-state index is 0.0580. The third-order valence-electron chi connectivity index (χ3n) is 5.40. The molecule has 0 unspecified atom stereocenters. The third kappa shape index (κ3) is 4.35. The van der Waals surface area contributed by atoms with Crippen LogP contribution < -0.4 is 5.32 Å². The van der Waals surface area contributed by atoms with E-state index in [1.165, 1.54) is 32.1 Å². The number of aromatic nitrogens is 3. The molecular weight excluding hydrogens is 302 g/mol. The molecule has 2 aliphatic rings. The summed E-state index contributed by atoms with van der Waals surface area (Å²) in [6.07, 6.45) is 11.4. The number of piperidine rings is 1. The average molecular weight is 333 g/mol. The van der Waals surface area contributed by atoms with Crippen LogP contribution in [0, 0.1) is 5.92 Å². The molecule has 6 heteroatoms. The lowest BCUT2D eigenvalue weighted by molar-refractivity contribution is 0.0707. The minimum atomic E-state index is 0.0580. The number of hydrogen-bond donors (Lipinski definition) is 1. The average Bonchev–Trinajstić information content (AvgIpc) is 3.12. The van der Waals surface area contributed by atoms with E-state index in [4.69, 9.17) is 0 Å². The minimum Gasteiger partial charge on any atom is -0.337 e. The van der Waals surface area contributed by atoms with Crippen LogP contribution in [0.15, 0.2) is 6.20 Å². The standard InChI is InChI=1S/C18H31N5O/c1-2-12-22(13-15-6-4-3-5-7-15)18(24)17-14-23(21-20-17)16-8-10-19-11-9-16/h14-16,19H,2-13H2,1H3. The van der Waals surface area contributed by atoms with Crippen LogP contribution in [-0.2, 0) is 0 Å². The highest BCUT2D eigenvalue weighted by molar-refractivity contribution is 5.91. The van der Waals surface area contributed by atoms with Gasteiger partial charge in [0.25, 0.3) is 5.91 Å². The van der Waals surface area contributed by atoms with Crippen molar-refractivity contribution in [1.82, 2.24) is 25.2 Å². The highest BCUT2D eigenvalue weighted by Gasteiger charge is 2.24. The normalized spacial score (nSPS) is 20.2. The predicted octanol–water partition coefficient (Wildman–Crippen LogP) is 2.64. The number of rotatable bonds is 6. The van der Waals surface area contributed by atoms with E-state index in [9.17, 15) is 4.79 Å². The Labute approximate surface area is 145 Å². The van der Waals surface area contributed by atoms with Crippen molar-refractivity contribution in [3.8, 4) is 0 Å². The van der Waals surface area contributed by atoms with Gasteiger partial charge in [-0.2, -0.15) is 0 Å². The fourth-order valence-electron chi connectivity index (χ4n) is 4.01. The van der Waals surface area contributed by atoms with Gasteiger partial charge in [0.1, 0.15) is 0 Å². The van der Waals surface area contributed by atoms with Crippen molar-refractivity contribution >= 4 is 5.91 Å². The second-order valence-electron chi connectivity index (χ2n) is 7.32. The van der Waals surface area contributed by atoms with Crippen LogP contribution in [0.1, 0.15) is 74.8 Å². The molecule has 1 N–H and O–H groups in total. The number of nitrogens with zero attached hydrogens (tertiary/aromatic N) is 4. The number of amides is 1. The molecule has 134 valence electrons. The van der Waals surface area contributed by atoms with Gasteiger partial charge < -0.3 is 10.2 Å². The monoisotopic (exact) mass is 333 g/mol. The third-order valence-corrected chi connectivity index (χ3v) is 5.40. The largest absolute Gasteiger partial charge is 0.337 e.